The van der Waals surface area contributed by atoms with Gasteiger partial charge in [-0.25, -0.2) is 4.98 Å². The Bertz CT molecular complexity index is 572. The topological polar surface area (TPSA) is 24.9 Å². The fourth-order valence-corrected chi connectivity index (χ4v) is 4.37. The monoisotopic (exact) mass is 300 g/mol. The summed E-state index contributed by atoms with van der Waals surface area (Å²) >= 11 is 1.80. The predicted octanol–water partition coefficient (Wildman–Crippen LogP) is 4.09. The van der Waals surface area contributed by atoms with Crippen LogP contribution in [0.15, 0.2) is 35.7 Å². The summed E-state index contributed by atoms with van der Waals surface area (Å²) in [5.74, 6) is 0. The molecule has 1 aliphatic carbocycles. The van der Waals surface area contributed by atoms with Crippen LogP contribution in [0.5, 0.6) is 0 Å². The molecular weight excluding hydrogens is 276 g/mol. The van der Waals surface area contributed by atoms with E-state index in [4.69, 9.17) is 0 Å². The molecule has 21 heavy (non-hydrogen) atoms. The Balaban J connectivity index is 1.87. The molecule has 1 saturated carbocycles. The van der Waals surface area contributed by atoms with Gasteiger partial charge < -0.3 is 5.32 Å². The van der Waals surface area contributed by atoms with Crippen molar-refractivity contribution in [3.63, 3.8) is 0 Å². The van der Waals surface area contributed by atoms with Gasteiger partial charge in [-0.15, -0.1) is 11.3 Å². The number of rotatable bonds is 6. The molecule has 2 aromatic rings. The molecule has 1 fully saturated rings. The van der Waals surface area contributed by atoms with Crippen molar-refractivity contribution in [2.24, 2.45) is 0 Å². The molecular formula is C18H24N2S. The fraction of sp³-hybridized carbons (Fsp3) is 0.500. The number of benzene rings is 1. The van der Waals surface area contributed by atoms with E-state index < -0.39 is 0 Å². The van der Waals surface area contributed by atoms with Crippen molar-refractivity contribution in [3.05, 3.63) is 52.0 Å². The lowest BCUT2D eigenvalue weighted by atomic mass is 9.59. The van der Waals surface area contributed by atoms with E-state index in [0.29, 0.717) is 11.5 Å². The molecule has 0 radical (unpaired) electrons. The molecule has 0 bridgehead atoms. The Morgan fingerprint density at radius 3 is 2.57 bits per heavy atom. The lowest BCUT2D eigenvalue weighted by Gasteiger charge is -2.48. The van der Waals surface area contributed by atoms with Gasteiger partial charge in [0, 0.05) is 29.0 Å². The minimum absolute atomic E-state index is 0.302. The van der Waals surface area contributed by atoms with Gasteiger partial charge in [0.25, 0.3) is 0 Å². The molecule has 1 aromatic heterocycles. The van der Waals surface area contributed by atoms with Crippen LogP contribution in [0.25, 0.3) is 0 Å². The highest BCUT2D eigenvalue weighted by molar-refractivity contribution is 7.09. The van der Waals surface area contributed by atoms with E-state index in [0.717, 1.165) is 18.7 Å². The van der Waals surface area contributed by atoms with E-state index in [1.54, 1.807) is 11.3 Å². The average molecular weight is 300 g/mol. The molecule has 3 rings (SSSR count). The van der Waals surface area contributed by atoms with Gasteiger partial charge in [0.1, 0.15) is 0 Å². The highest BCUT2D eigenvalue weighted by Crippen LogP contribution is 2.47. The van der Waals surface area contributed by atoms with Crippen LogP contribution in [0.2, 0.25) is 0 Å². The number of nitrogens with zero attached hydrogens (tertiary/aromatic N) is 1. The summed E-state index contributed by atoms with van der Waals surface area (Å²) in [6.07, 6.45) is 4.97. The van der Waals surface area contributed by atoms with Gasteiger partial charge >= 0.3 is 0 Å². The SMILES string of the molecule is CCNC(Cc1nc(C)cs1)C1(c2ccccc2)CCC1. The Hall–Kier alpha value is -1.19. The molecule has 0 amide bonds. The van der Waals surface area contributed by atoms with Crippen molar-refractivity contribution in [2.75, 3.05) is 6.54 Å². The number of hydrogen-bond donors (Lipinski definition) is 1. The van der Waals surface area contributed by atoms with Crippen molar-refractivity contribution in [2.45, 2.75) is 51.0 Å². The third-order valence-corrected chi connectivity index (χ3v) is 5.75. The number of hydrogen-bond acceptors (Lipinski definition) is 3. The van der Waals surface area contributed by atoms with Crippen LogP contribution >= 0.6 is 11.3 Å². The van der Waals surface area contributed by atoms with E-state index in [1.807, 2.05) is 0 Å². The molecule has 1 unspecified atom stereocenters. The van der Waals surface area contributed by atoms with Gasteiger partial charge in [0.15, 0.2) is 0 Å². The highest BCUT2D eigenvalue weighted by atomic mass is 32.1. The van der Waals surface area contributed by atoms with Gasteiger partial charge in [-0.05, 0) is 31.9 Å². The summed E-state index contributed by atoms with van der Waals surface area (Å²) in [7, 11) is 0. The summed E-state index contributed by atoms with van der Waals surface area (Å²) < 4.78 is 0. The minimum atomic E-state index is 0.302. The number of aryl methyl sites for hydroxylation is 1. The second-order valence-electron chi connectivity index (χ2n) is 6.07. The number of thiazole rings is 1. The summed E-state index contributed by atoms with van der Waals surface area (Å²) in [6, 6.07) is 11.6. The maximum absolute atomic E-state index is 4.68. The second-order valence-corrected chi connectivity index (χ2v) is 7.02. The second kappa shape index (κ2) is 6.29. The van der Waals surface area contributed by atoms with Gasteiger partial charge in [0.2, 0.25) is 0 Å². The van der Waals surface area contributed by atoms with E-state index in [2.05, 4.69) is 59.9 Å². The number of likely N-dealkylation sites (N-methyl/N-ethyl adjacent to an activating group) is 1. The molecule has 1 heterocycles. The first kappa shape index (κ1) is 14.7. The van der Waals surface area contributed by atoms with Crippen molar-refractivity contribution in [1.82, 2.24) is 10.3 Å². The fourth-order valence-electron chi connectivity index (χ4n) is 3.55. The van der Waals surface area contributed by atoms with Gasteiger partial charge in [0.05, 0.1) is 5.01 Å². The lowest BCUT2D eigenvalue weighted by Crippen LogP contribution is -2.53. The van der Waals surface area contributed by atoms with Crippen LogP contribution in [0.4, 0.5) is 0 Å². The first-order valence-corrected chi connectivity index (χ1v) is 8.82. The van der Waals surface area contributed by atoms with E-state index >= 15 is 0 Å². The van der Waals surface area contributed by atoms with Gasteiger partial charge in [-0.3, -0.25) is 0 Å². The molecule has 2 nitrogen and oxygen atoms in total. The Labute approximate surface area is 131 Å². The molecule has 1 atom stereocenters. The van der Waals surface area contributed by atoms with Crippen molar-refractivity contribution >= 4 is 11.3 Å². The Morgan fingerprint density at radius 2 is 2.05 bits per heavy atom. The Morgan fingerprint density at radius 1 is 1.29 bits per heavy atom. The lowest BCUT2D eigenvalue weighted by molar-refractivity contribution is 0.169. The van der Waals surface area contributed by atoms with Crippen LogP contribution in [0.3, 0.4) is 0 Å². The maximum atomic E-state index is 4.68. The third-order valence-electron chi connectivity index (χ3n) is 4.76. The third kappa shape index (κ3) is 2.90. The molecule has 112 valence electrons. The molecule has 3 heteroatoms. The van der Waals surface area contributed by atoms with Crippen LogP contribution in [0, 0.1) is 6.92 Å². The van der Waals surface area contributed by atoms with Crippen LogP contribution in [-0.4, -0.2) is 17.6 Å². The summed E-state index contributed by atoms with van der Waals surface area (Å²) in [6.45, 7) is 5.31. The number of nitrogens with one attached hydrogen (secondary N) is 1. The highest BCUT2D eigenvalue weighted by Gasteiger charge is 2.45. The summed E-state index contributed by atoms with van der Waals surface area (Å²) in [5.41, 5.74) is 2.94. The quantitative estimate of drug-likeness (QED) is 0.869. The normalized spacial score (nSPS) is 18.2. The largest absolute Gasteiger partial charge is 0.313 e. The number of aromatic nitrogens is 1. The molecule has 1 aliphatic rings. The Kier molecular flexibility index (Phi) is 4.41. The minimum Gasteiger partial charge on any atom is -0.313 e. The maximum Gasteiger partial charge on any atom is 0.0943 e. The standard InChI is InChI=1S/C18H24N2S/c1-3-19-16(12-17-20-14(2)13-21-17)18(10-7-11-18)15-8-5-4-6-9-15/h4-6,8-9,13,16,19H,3,7,10-12H2,1-2H3. The van der Waals surface area contributed by atoms with Gasteiger partial charge in [-0.1, -0.05) is 43.7 Å². The zero-order chi connectivity index (χ0) is 14.7. The zero-order valence-electron chi connectivity index (χ0n) is 12.9. The van der Waals surface area contributed by atoms with E-state index in [-0.39, 0.29) is 0 Å². The first-order valence-electron chi connectivity index (χ1n) is 7.94. The molecule has 1 aromatic carbocycles. The predicted molar refractivity (Wildman–Crippen MR) is 90.0 cm³/mol. The van der Waals surface area contributed by atoms with Gasteiger partial charge in [-0.2, -0.15) is 0 Å². The molecule has 0 saturated heterocycles. The van der Waals surface area contributed by atoms with E-state index in [9.17, 15) is 0 Å². The van der Waals surface area contributed by atoms with Crippen LogP contribution in [0.1, 0.15) is 42.5 Å². The average Bonchev–Trinajstić information content (AvgIpc) is 2.84. The molecule has 0 aliphatic heterocycles. The molecule has 1 N–H and O–H groups in total. The smallest absolute Gasteiger partial charge is 0.0943 e. The van der Waals surface area contributed by atoms with Crippen LogP contribution in [-0.2, 0) is 11.8 Å². The van der Waals surface area contributed by atoms with E-state index in [1.165, 1.54) is 29.8 Å². The first-order chi connectivity index (χ1) is 10.2. The summed E-state index contributed by atoms with van der Waals surface area (Å²) in [5, 5.41) is 7.17. The zero-order valence-corrected chi connectivity index (χ0v) is 13.7. The van der Waals surface area contributed by atoms with Crippen LogP contribution < -0.4 is 5.32 Å². The molecule has 0 spiro atoms. The summed E-state index contributed by atoms with van der Waals surface area (Å²) in [4.78, 5) is 4.68. The van der Waals surface area contributed by atoms with Crippen molar-refractivity contribution in [3.8, 4) is 0 Å². The van der Waals surface area contributed by atoms with Crippen molar-refractivity contribution < 1.29 is 0 Å². The van der Waals surface area contributed by atoms with Crippen molar-refractivity contribution in [1.29, 1.82) is 0 Å².